The summed E-state index contributed by atoms with van der Waals surface area (Å²) < 4.78 is 0. The SMILES string of the molecule is Cc1c(N)ncnc1N(CC#N)CC#N. The number of nitrogens with two attached hydrogens (primary N) is 1. The van der Waals surface area contributed by atoms with Crippen LogP contribution >= 0.6 is 0 Å². The van der Waals surface area contributed by atoms with E-state index in [1.54, 1.807) is 11.8 Å². The molecule has 1 aromatic rings. The fraction of sp³-hybridized carbons (Fsp3) is 0.333. The van der Waals surface area contributed by atoms with Gasteiger partial charge in [-0.2, -0.15) is 10.5 Å². The Balaban J connectivity index is 3.07. The molecule has 1 heterocycles. The maximum absolute atomic E-state index is 8.61. The highest BCUT2D eigenvalue weighted by Gasteiger charge is 2.11. The third-order valence-corrected chi connectivity index (χ3v) is 1.92. The van der Waals surface area contributed by atoms with Crippen molar-refractivity contribution < 1.29 is 0 Å². The summed E-state index contributed by atoms with van der Waals surface area (Å²) in [4.78, 5) is 9.37. The quantitative estimate of drug-likeness (QED) is 0.703. The van der Waals surface area contributed by atoms with Gasteiger partial charge in [-0.3, -0.25) is 0 Å². The van der Waals surface area contributed by atoms with Crippen molar-refractivity contribution in [3.63, 3.8) is 0 Å². The van der Waals surface area contributed by atoms with Crippen LogP contribution in [0.15, 0.2) is 6.33 Å². The van der Waals surface area contributed by atoms with Gasteiger partial charge in [-0.1, -0.05) is 0 Å². The lowest BCUT2D eigenvalue weighted by Crippen LogP contribution is -2.26. The van der Waals surface area contributed by atoms with Gasteiger partial charge >= 0.3 is 0 Å². The Morgan fingerprint density at radius 3 is 2.47 bits per heavy atom. The van der Waals surface area contributed by atoms with Crippen LogP contribution in [0.25, 0.3) is 0 Å². The summed E-state index contributed by atoms with van der Waals surface area (Å²) in [6, 6.07) is 3.94. The Labute approximate surface area is 87.6 Å². The fourth-order valence-corrected chi connectivity index (χ4v) is 1.15. The van der Waals surface area contributed by atoms with Crippen LogP contribution in [0.4, 0.5) is 11.6 Å². The van der Waals surface area contributed by atoms with Crippen molar-refractivity contribution in [3.05, 3.63) is 11.9 Å². The number of nitrogen functional groups attached to an aromatic ring is 1. The first kappa shape index (κ1) is 10.7. The summed E-state index contributed by atoms with van der Waals surface area (Å²) in [6.07, 6.45) is 1.32. The van der Waals surface area contributed by atoms with Crippen LogP contribution in [0, 0.1) is 29.6 Å². The lowest BCUT2D eigenvalue weighted by atomic mass is 10.3. The first-order valence-electron chi connectivity index (χ1n) is 4.26. The minimum absolute atomic E-state index is 0.102. The standard InChI is InChI=1S/C9H10N6/c1-7-8(12)13-6-14-9(7)15(4-2-10)5-3-11/h6H,4-5H2,1H3,(H2,12,13,14). The maximum Gasteiger partial charge on any atom is 0.138 e. The third kappa shape index (κ3) is 2.32. The summed E-state index contributed by atoms with van der Waals surface area (Å²) in [5.74, 6) is 0.895. The van der Waals surface area contributed by atoms with Gasteiger partial charge in [0.1, 0.15) is 31.1 Å². The molecule has 0 unspecified atom stereocenters. The molecule has 15 heavy (non-hydrogen) atoms. The average molecular weight is 202 g/mol. The first-order chi connectivity index (χ1) is 7.20. The maximum atomic E-state index is 8.61. The molecule has 6 heteroatoms. The number of hydrogen-bond donors (Lipinski definition) is 1. The molecule has 0 radical (unpaired) electrons. The zero-order valence-electron chi connectivity index (χ0n) is 8.30. The number of nitriles is 2. The highest BCUT2D eigenvalue weighted by molar-refractivity contribution is 5.56. The highest BCUT2D eigenvalue weighted by atomic mass is 15.2. The second-order valence-electron chi connectivity index (χ2n) is 2.88. The van der Waals surface area contributed by atoms with Crippen LogP contribution in [0.5, 0.6) is 0 Å². The van der Waals surface area contributed by atoms with Crippen molar-refractivity contribution in [1.82, 2.24) is 9.97 Å². The summed E-state index contributed by atoms with van der Waals surface area (Å²) >= 11 is 0. The van der Waals surface area contributed by atoms with Crippen molar-refractivity contribution in [3.8, 4) is 12.1 Å². The molecule has 0 aliphatic carbocycles. The molecule has 0 atom stereocenters. The molecule has 0 amide bonds. The average Bonchev–Trinajstić information content (AvgIpc) is 2.22. The van der Waals surface area contributed by atoms with E-state index >= 15 is 0 Å². The molecule has 2 N–H and O–H groups in total. The minimum atomic E-state index is 0.102. The zero-order chi connectivity index (χ0) is 11.3. The lowest BCUT2D eigenvalue weighted by Gasteiger charge is -2.18. The van der Waals surface area contributed by atoms with Gasteiger partial charge in [0.05, 0.1) is 12.1 Å². The number of nitrogens with zero attached hydrogens (tertiary/aromatic N) is 5. The summed E-state index contributed by atoms with van der Waals surface area (Å²) in [7, 11) is 0. The molecule has 0 fully saturated rings. The third-order valence-electron chi connectivity index (χ3n) is 1.92. The number of hydrogen-bond acceptors (Lipinski definition) is 6. The van der Waals surface area contributed by atoms with E-state index in [9.17, 15) is 0 Å². The summed E-state index contributed by atoms with van der Waals surface area (Å²) in [6.45, 7) is 1.96. The van der Waals surface area contributed by atoms with Crippen LogP contribution in [-0.4, -0.2) is 23.1 Å². The zero-order valence-corrected chi connectivity index (χ0v) is 8.30. The van der Waals surface area contributed by atoms with E-state index in [1.165, 1.54) is 6.33 Å². The summed E-state index contributed by atoms with van der Waals surface area (Å²) in [5, 5.41) is 17.2. The molecule has 6 nitrogen and oxygen atoms in total. The number of aromatic nitrogens is 2. The number of anilines is 2. The van der Waals surface area contributed by atoms with Crippen LogP contribution in [-0.2, 0) is 0 Å². The van der Waals surface area contributed by atoms with Crippen LogP contribution in [0.3, 0.4) is 0 Å². The van der Waals surface area contributed by atoms with Crippen molar-refractivity contribution in [2.45, 2.75) is 6.92 Å². The van der Waals surface area contributed by atoms with Gasteiger partial charge in [0.25, 0.3) is 0 Å². The molecule has 0 saturated carbocycles. The fourth-order valence-electron chi connectivity index (χ4n) is 1.15. The Hall–Kier alpha value is -2.34. The van der Waals surface area contributed by atoms with Crippen LogP contribution < -0.4 is 10.6 Å². The normalized spacial score (nSPS) is 9.00. The van der Waals surface area contributed by atoms with Crippen LogP contribution in [0.1, 0.15) is 5.56 Å². The molecule has 0 aromatic carbocycles. The van der Waals surface area contributed by atoms with E-state index in [0.717, 1.165) is 0 Å². The van der Waals surface area contributed by atoms with Gasteiger partial charge in [-0.25, -0.2) is 9.97 Å². The van der Waals surface area contributed by atoms with E-state index in [0.29, 0.717) is 17.2 Å². The molecule has 1 rings (SSSR count). The Bertz CT molecular complexity index is 411. The van der Waals surface area contributed by atoms with E-state index in [1.807, 2.05) is 12.1 Å². The van der Waals surface area contributed by atoms with E-state index < -0.39 is 0 Å². The van der Waals surface area contributed by atoms with Crippen molar-refractivity contribution >= 4 is 11.6 Å². The Morgan fingerprint density at radius 1 is 1.33 bits per heavy atom. The second-order valence-corrected chi connectivity index (χ2v) is 2.88. The van der Waals surface area contributed by atoms with Crippen molar-refractivity contribution in [2.75, 3.05) is 23.7 Å². The van der Waals surface area contributed by atoms with Gasteiger partial charge < -0.3 is 10.6 Å². The Kier molecular flexibility index (Phi) is 3.42. The largest absolute Gasteiger partial charge is 0.383 e. The smallest absolute Gasteiger partial charge is 0.138 e. The van der Waals surface area contributed by atoms with E-state index in [2.05, 4.69) is 9.97 Å². The number of rotatable bonds is 3. The highest BCUT2D eigenvalue weighted by Crippen LogP contribution is 2.19. The van der Waals surface area contributed by atoms with E-state index in [-0.39, 0.29) is 13.1 Å². The molecule has 1 aromatic heterocycles. The van der Waals surface area contributed by atoms with Crippen molar-refractivity contribution in [2.24, 2.45) is 0 Å². The molecule has 0 spiro atoms. The van der Waals surface area contributed by atoms with Gasteiger partial charge in [0.2, 0.25) is 0 Å². The Morgan fingerprint density at radius 2 is 1.93 bits per heavy atom. The van der Waals surface area contributed by atoms with Crippen LogP contribution in [0.2, 0.25) is 0 Å². The van der Waals surface area contributed by atoms with E-state index in [4.69, 9.17) is 16.3 Å². The van der Waals surface area contributed by atoms with Crippen molar-refractivity contribution in [1.29, 1.82) is 10.5 Å². The predicted octanol–water partition coefficient (Wildman–Crippen LogP) is 0.221. The monoisotopic (exact) mass is 202 g/mol. The second kappa shape index (κ2) is 4.77. The van der Waals surface area contributed by atoms with Gasteiger partial charge in [0, 0.05) is 5.56 Å². The molecule has 0 saturated heterocycles. The van der Waals surface area contributed by atoms with Gasteiger partial charge in [0.15, 0.2) is 0 Å². The molecule has 76 valence electrons. The summed E-state index contributed by atoms with van der Waals surface area (Å²) in [5.41, 5.74) is 6.29. The molecule has 0 aliphatic rings. The first-order valence-corrected chi connectivity index (χ1v) is 4.26. The minimum Gasteiger partial charge on any atom is -0.383 e. The lowest BCUT2D eigenvalue weighted by molar-refractivity contribution is 0.917. The molecule has 0 bridgehead atoms. The molecule has 0 aliphatic heterocycles. The predicted molar refractivity (Wildman–Crippen MR) is 54.6 cm³/mol. The molecular weight excluding hydrogens is 192 g/mol. The topological polar surface area (TPSA) is 103 Å². The van der Waals surface area contributed by atoms with Gasteiger partial charge in [-0.05, 0) is 6.92 Å². The van der Waals surface area contributed by atoms with Gasteiger partial charge in [-0.15, -0.1) is 0 Å². The molecular formula is C9H10N6.